The smallest absolute Gasteiger partial charge is 0.326 e. The molecule has 0 unspecified atom stereocenters. The molecule has 1 fully saturated rings. The summed E-state index contributed by atoms with van der Waals surface area (Å²) in [7, 11) is 1.55. The van der Waals surface area contributed by atoms with Crippen LogP contribution < -0.4 is 0 Å². The van der Waals surface area contributed by atoms with Gasteiger partial charge in [0.05, 0.1) is 0 Å². The number of likely N-dealkylation sites (N-methyl/N-ethyl adjacent to an activating group) is 1. The number of hydrogen-bond acceptors (Lipinski definition) is 3. The molecule has 1 N–H and O–H groups in total. The largest absolute Gasteiger partial charge is 0.480 e. The van der Waals surface area contributed by atoms with E-state index in [0.29, 0.717) is 6.61 Å². The molecule has 0 aromatic heterocycles. The molecule has 22 heavy (non-hydrogen) atoms. The van der Waals surface area contributed by atoms with Gasteiger partial charge in [-0.25, -0.2) is 4.79 Å². The molecule has 5 heteroatoms. The summed E-state index contributed by atoms with van der Waals surface area (Å²) in [6.45, 7) is 4.11. The summed E-state index contributed by atoms with van der Waals surface area (Å²) in [6.07, 6.45) is 0.168. The molecule has 1 aliphatic heterocycles. The van der Waals surface area contributed by atoms with Crippen LogP contribution in [0.4, 0.5) is 0 Å². The van der Waals surface area contributed by atoms with Gasteiger partial charge in [-0.3, -0.25) is 4.79 Å². The number of rotatable bonds is 5. The van der Waals surface area contributed by atoms with E-state index in [1.54, 1.807) is 20.9 Å². The number of carbonyl (C=O) groups is 2. The predicted octanol–water partition coefficient (Wildman–Crippen LogP) is 2.13. The SMILES string of the molecule is CC(C)[C@@H](C(=O)O)N(C)C(=O)[C@@H]1OCC[C@@H]1c1ccccc1. The fraction of sp³-hybridized carbons (Fsp3) is 0.529. The number of ether oxygens (including phenoxy) is 1. The number of benzene rings is 1. The normalized spacial score (nSPS) is 22.5. The van der Waals surface area contributed by atoms with Crippen molar-refractivity contribution in [1.29, 1.82) is 0 Å². The van der Waals surface area contributed by atoms with Crippen LogP contribution in [0.15, 0.2) is 30.3 Å². The van der Waals surface area contributed by atoms with Gasteiger partial charge in [0.2, 0.25) is 0 Å². The summed E-state index contributed by atoms with van der Waals surface area (Å²) in [5.41, 5.74) is 1.06. The van der Waals surface area contributed by atoms with E-state index < -0.39 is 18.1 Å². The maximum Gasteiger partial charge on any atom is 0.326 e. The molecular formula is C17H23NO4. The van der Waals surface area contributed by atoms with Crippen molar-refractivity contribution in [2.24, 2.45) is 5.92 Å². The van der Waals surface area contributed by atoms with E-state index >= 15 is 0 Å². The lowest BCUT2D eigenvalue weighted by atomic mass is 9.91. The average molecular weight is 305 g/mol. The monoisotopic (exact) mass is 305 g/mol. The third-order valence-electron chi connectivity index (χ3n) is 4.21. The molecule has 0 saturated carbocycles. The summed E-state index contributed by atoms with van der Waals surface area (Å²) >= 11 is 0. The minimum Gasteiger partial charge on any atom is -0.480 e. The van der Waals surface area contributed by atoms with E-state index in [9.17, 15) is 14.7 Å². The molecule has 2 rings (SSSR count). The lowest BCUT2D eigenvalue weighted by Gasteiger charge is -2.31. The first-order valence-corrected chi connectivity index (χ1v) is 7.59. The Hall–Kier alpha value is -1.88. The van der Waals surface area contributed by atoms with Gasteiger partial charge < -0.3 is 14.7 Å². The molecule has 0 aliphatic carbocycles. The van der Waals surface area contributed by atoms with Crippen molar-refractivity contribution in [3.63, 3.8) is 0 Å². The highest BCUT2D eigenvalue weighted by atomic mass is 16.5. The first-order chi connectivity index (χ1) is 10.4. The van der Waals surface area contributed by atoms with Crippen molar-refractivity contribution in [3.8, 4) is 0 Å². The zero-order valence-corrected chi connectivity index (χ0v) is 13.2. The molecule has 1 aliphatic rings. The summed E-state index contributed by atoms with van der Waals surface area (Å²) in [4.78, 5) is 25.5. The van der Waals surface area contributed by atoms with E-state index in [4.69, 9.17) is 4.74 Å². The summed E-state index contributed by atoms with van der Waals surface area (Å²) in [5, 5.41) is 9.35. The third kappa shape index (κ3) is 3.30. The number of nitrogens with zero attached hydrogens (tertiary/aromatic N) is 1. The number of carboxylic acids is 1. The van der Waals surface area contributed by atoms with Gasteiger partial charge in [0.15, 0.2) is 0 Å². The first-order valence-electron chi connectivity index (χ1n) is 7.59. The van der Waals surface area contributed by atoms with Crippen molar-refractivity contribution < 1.29 is 19.4 Å². The van der Waals surface area contributed by atoms with Gasteiger partial charge in [-0.15, -0.1) is 0 Å². The summed E-state index contributed by atoms with van der Waals surface area (Å²) in [5.74, 6) is -1.42. The highest BCUT2D eigenvalue weighted by Gasteiger charge is 2.40. The third-order valence-corrected chi connectivity index (χ3v) is 4.21. The van der Waals surface area contributed by atoms with E-state index in [1.807, 2.05) is 30.3 Å². The molecule has 120 valence electrons. The molecular weight excluding hydrogens is 282 g/mol. The number of aliphatic carboxylic acids is 1. The Morgan fingerprint density at radius 3 is 2.45 bits per heavy atom. The van der Waals surface area contributed by atoms with Gasteiger partial charge in [0, 0.05) is 19.6 Å². The van der Waals surface area contributed by atoms with Gasteiger partial charge in [-0.2, -0.15) is 0 Å². The molecule has 0 radical (unpaired) electrons. The van der Waals surface area contributed by atoms with Crippen LogP contribution in [-0.4, -0.2) is 47.7 Å². The zero-order valence-electron chi connectivity index (χ0n) is 13.2. The standard InChI is InChI=1S/C17H23NO4/c1-11(2)14(17(20)21)18(3)16(19)15-13(9-10-22-15)12-7-5-4-6-8-12/h4-8,11,13-15H,9-10H2,1-3H3,(H,20,21)/t13-,14+,15-/m1/s1. The Kier molecular flexibility index (Phi) is 5.19. The highest BCUT2D eigenvalue weighted by molar-refractivity contribution is 5.87. The van der Waals surface area contributed by atoms with Crippen molar-refractivity contribution >= 4 is 11.9 Å². The fourth-order valence-corrected chi connectivity index (χ4v) is 3.11. The topological polar surface area (TPSA) is 66.8 Å². The maximum absolute atomic E-state index is 12.7. The van der Waals surface area contributed by atoms with Crippen molar-refractivity contribution in [2.45, 2.75) is 38.3 Å². The van der Waals surface area contributed by atoms with Gasteiger partial charge in [-0.05, 0) is 17.9 Å². The number of amides is 1. The second kappa shape index (κ2) is 6.92. The number of carboxylic acid groups (broad SMARTS) is 1. The summed E-state index contributed by atoms with van der Waals surface area (Å²) < 4.78 is 5.63. The van der Waals surface area contributed by atoms with Crippen LogP contribution in [0, 0.1) is 5.92 Å². The number of hydrogen-bond donors (Lipinski definition) is 1. The van der Waals surface area contributed by atoms with E-state index in [2.05, 4.69) is 0 Å². The van der Waals surface area contributed by atoms with Gasteiger partial charge in [0.25, 0.3) is 5.91 Å². The minimum absolute atomic E-state index is 0.0160. The predicted molar refractivity (Wildman–Crippen MR) is 82.6 cm³/mol. The van der Waals surface area contributed by atoms with Crippen molar-refractivity contribution in [1.82, 2.24) is 4.90 Å². The van der Waals surface area contributed by atoms with Crippen molar-refractivity contribution in [2.75, 3.05) is 13.7 Å². The van der Waals surface area contributed by atoms with Gasteiger partial charge in [-0.1, -0.05) is 44.2 Å². The highest BCUT2D eigenvalue weighted by Crippen LogP contribution is 2.32. The number of carbonyl (C=O) groups excluding carboxylic acids is 1. The van der Waals surface area contributed by atoms with Crippen molar-refractivity contribution in [3.05, 3.63) is 35.9 Å². The molecule has 1 saturated heterocycles. The van der Waals surface area contributed by atoms with Crippen LogP contribution >= 0.6 is 0 Å². The quantitative estimate of drug-likeness (QED) is 0.905. The fourth-order valence-electron chi connectivity index (χ4n) is 3.11. The van der Waals surface area contributed by atoms with Gasteiger partial charge in [0.1, 0.15) is 12.1 Å². The Balaban J connectivity index is 2.19. The Morgan fingerprint density at radius 1 is 1.27 bits per heavy atom. The van der Waals surface area contributed by atoms with Crippen LogP contribution in [0.3, 0.4) is 0 Å². The Bertz CT molecular complexity index is 529. The maximum atomic E-state index is 12.7. The van der Waals surface area contributed by atoms with Crippen LogP contribution in [0.1, 0.15) is 31.7 Å². The minimum atomic E-state index is -0.986. The van der Waals surface area contributed by atoms with Crippen LogP contribution in [0.25, 0.3) is 0 Å². The van der Waals surface area contributed by atoms with E-state index in [0.717, 1.165) is 12.0 Å². The van der Waals surface area contributed by atoms with E-state index in [1.165, 1.54) is 4.90 Å². The van der Waals surface area contributed by atoms with Crippen LogP contribution in [0.5, 0.6) is 0 Å². The second-order valence-corrected chi connectivity index (χ2v) is 6.07. The molecule has 0 spiro atoms. The molecule has 1 heterocycles. The average Bonchev–Trinajstić information content (AvgIpc) is 2.95. The second-order valence-electron chi connectivity index (χ2n) is 6.07. The molecule has 0 bridgehead atoms. The molecule has 3 atom stereocenters. The lowest BCUT2D eigenvalue weighted by Crippen LogP contribution is -2.50. The molecule has 1 aromatic rings. The molecule has 1 aromatic carbocycles. The van der Waals surface area contributed by atoms with Crippen LogP contribution in [-0.2, 0) is 14.3 Å². The summed E-state index contributed by atoms with van der Waals surface area (Å²) in [6, 6.07) is 8.93. The Morgan fingerprint density at radius 2 is 1.91 bits per heavy atom. The first kappa shape index (κ1) is 16.5. The molecule has 1 amide bonds. The van der Waals surface area contributed by atoms with Crippen LogP contribution in [0.2, 0.25) is 0 Å². The zero-order chi connectivity index (χ0) is 16.3. The Labute approximate surface area is 130 Å². The van der Waals surface area contributed by atoms with Gasteiger partial charge >= 0.3 is 5.97 Å². The van der Waals surface area contributed by atoms with E-state index in [-0.39, 0.29) is 17.7 Å². The lowest BCUT2D eigenvalue weighted by molar-refractivity contribution is -0.155. The molecule has 5 nitrogen and oxygen atoms in total.